The quantitative estimate of drug-likeness (QED) is 0.517. The van der Waals surface area contributed by atoms with Crippen LogP contribution >= 0.6 is 27.7 Å². The summed E-state index contributed by atoms with van der Waals surface area (Å²) in [6, 6.07) is 0.710. The van der Waals surface area contributed by atoms with Crippen molar-refractivity contribution < 1.29 is 0 Å². The van der Waals surface area contributed by atoms with Crippen LogP contribution in [0.25, 0.3) is 0 Å². The Morgan fingerprint density at radius 2 is 2.11 bits per heavy atom. The second-order valence-corrected chi connectivity index (χ2v) is 7.47. The molecule has 19 heavy (non-hydrogen) atoms. The summed E-state index contributed by atoms with van der Waals surface area (Å²) in [6.45, 7) is 2.26. The van der Waals surface area contributed by atoms with Crippen molar-refractivity contribution in [1.29, 1.82) is 0 Å². The number of hydrogen-bond acceptors (Lipinski definition) is 3. The van der Waals surface area contributed by atoms with Gasteiger partial charge in [0, 0.05) is 23.0 Å². The molecule has 2 aliphatic carbocycles. The second-order valence-electron chi connectivity index (χ2n) is 5.84. The molecule has 1 heterocycles. The van der Waals surface area contributed by atoms with Gasteiger partial charge in [0.15, 0.2) is 5.16 Å². The van der Waals surface area contributed by atoms with E-state index in [2.05, 4.69) is 37.6 Å². The van der Waals surface area contributed by atoms with Gasteiger partial charge in [-0.25, -0.2) is 0 Å². The molecule has 2 aliphatic rings. The molecule has 0 saturated heterocycles. The number of halogens is 1. The van der Waals surface area contributed by atoms with E-state index in [4.69, 9.17) is 0 Å². The summed E-state index contributed by atoms with van der Waals surface area (Å²) >= 11 is 5.55. The van der Waals surface area contributed by atoms with Crippen molar-refractivity contribution in [3.63, 3.8) is 0 Å². The highest BCUT2D eigenvalue weighted by molar-refractivity contribution is 9.09. The summed E-state index contributed by atoms with van der Waals surface area (Å²) < 4.78 is 2.46. The zero-order chi connectivity index (χ0) is 13.2. The molecule has 5 heteroatoms. The van der Waals surface area contributed by atoms with Crippen molar-refractivity contribution in [3.8, 4) is 0 Å². The molecule has 1 unspecified atom stereocenters. The maximum Gasteiger partial charge on any atom is 0.191 e. The first-order valence-electron chi connectivity index (χ1n) is 7.47. The summed E-state index contributed by atoms with van der Waals surface area (Å²) in [4.78, 5) is 0. The third-order valence-corrected chi connectivity index (χ3v) is 6.00. The maximum atomic E-state index is 4.47. The Bertz CT molecular complexity index is 426. The molecule has 1 atom stereocenters. The van der Waals surface area contributed by atoms with Crippen LogP contribution in [-0.4, -0.2) is 25.8 Å². The zero-order valence-electron chi connectivity index (χ0n) is 11.5. The van der Waals surface area contributed by atoms with Gasteiger partial charge in [0.1, 0.15) is 5.82 Å². The highest BCUT2D eigenvalue weighted by atomic mass is 79.9. The molecule has 3 rings (SSSR count). The highest BCUT2D eigenvalue weighted by Crippen LogP contribution is 2.46. The van der Waals surface area contributed by atoms with Gasteiger partial charge in [0.2, 0.25) is 0 Å². The molecule has 106 valence electrons. The number of nitrogens with zero attached hydrogens (tertiary/aromatic N) is 3. The van der Waals surface area contributed by atoms with Crippen molar-refractivity contribution in [2.75, 3.05) is 11.1 Å². The molecule has 1 aromatic heterocycles. The molecule has 0 aliphatic heterocycles. The Morgan fingerprint density at radius 3 is 2.68 bits per heavy atom. The smallest absolute Gasteiger partial charge is 0.191 e. The number of rotatable bonds is 8. The average molecular weight is 344 g/mol. The number of aromatic nitrogens is 3. The molecule has 1 aromatic rings. The minimum Gasteiger partial charge on any atom is -0.303 e. The lowest BCUT2D eigenvalue weighted by atomic mass is 10.1. The standard InChI is InChI=1S/C14H22BrN3S/c1-2-3-10(8-15)9-19-14-17-16-13(11-4-5-11)18(14)12-6-7-12/h10-12H,2-9H2,1H3. The van der Waals surface area contributed by atoms with Gasteiger partial charge < -0.3 is 4.57 Å². The molecule has 3 nitrogen and oxygen atoms in total. The first-order chi connectivity index (χ1) is 9.33. The van der Waals surface area contributed by atoms with Gasteiger partial charge in [-0.15, -0.1) is 10.2 Å². The lowest BCUT2D eigenvalue weighted by molar-refractivity contribution is 0.592. The molecule has 2 saturated carbocycles. The van der Waals surface area contributed by atoms with Gasteiger partial charge in [0.05, 0.1) is 0 Å². The molecule has 0 bridgehead atoms. The van der Waals surface area contributed by atoms with Crippen LogP contribution in [0.15, 0.2) is 5.16 Å². The van der Waals surface area contributed by atoms with Crippen LogP contribution in [0.1, 0.15) is 63.2 Å². The van der Waals surface area contributed by atoms with E-state index in [-0.39, 0.29) is 0 Å². The first-order valence-corrected chi connectivity index (χ1v) is 9.57. The summed E-state index contributed by atoms with van der Waals surface area (Å²) in [7, 11) is 0. The molecule has 0 N–H and O–H groups in total. The summed E-state index contributed by atoms with van der Waals surface area (Å²) in [5.41, 5.74) is 0. The number of hydrogen-bond donors (Lipinski definition) is 0. The Hall–Kier alpha value is -0.0300. The second kappa shape index (κ2) is 6.17. The van der Waals surface area contributed by atoms with Crippen molar-refractivity contribution in [1.82, 2.24) is 14.8 Å². The van der Waals surface area contributed by atoms with Crippen LogP contribution in [0.5, 0.6) is 0 Å². The molecule has 0 aromatic carbocycles. The predicted molar refractivity (Wildman–Crippen MR) is 83.2 cm³/mol. The Balaban J connectivity index is 1.66. The third-order valence-electron chi connectivity index (χ3n) is 3.91. The summed E-state index contributed by atoms with van der Waals surface area (Å²) in [5.74, 6) is 3.90. The molecule has 2 fully saturated rings. The van der Waals surface area contributed by atoms with E-state index in [1.54, 1.807) is 0 Å². The van der Waals surface area contributed by atoms with E-state index in [1.807, 2.05) is 11.8 Å². The van der Waals surface area contributed by atoms with E-state index < -0.39 is 0 Å². The Labute approximate surface area is 128 Å². The van der Waals surface area contributed by atoms with Crippen molar-refractivity contribution in [2.45, 2.75) is 62.6 Å². The van der Waals surface area contributed by atoms with Crippen molar-refractivity contribution >= 4 is 27.7 Å². The minimum absolute atomic E-state index is 0.710. The van der Waals surface area contributed by atoms with E-state index in [0.717, 1.165) is 17.0 Å². The molecule has 0 radical (unpaired) electrons. The molecular formula is C14H22BrN3S. The van der Waals surface area contributed by atoms with Crippen LogP contribution in [-0.2, 0) is 0 Å². The van der Waals surface area contributed by atoms with E-state index in [9.17, 15) is 0 Å². The zero-order valence-corrected chi connectivity index (χ0v) is 13.9. The fourth-order valence-corrected chi connectivity index (χ4v) is 4.49. The van der Waals surface area contributed by atoms with E-state index in [1.165, 1.54) is 49.5 Å². The van der Waals surface area contributed by atoms with Crippen LogP contribution in [0.2, 0.25) is 0 Å². The predicted octanol–water partition coefficient (Wildman–Crippen LogP) is 4.39. The van der Waals surface area contributed by atoms with Gasteiger partial charge in [-0.05, 0) is 38.0 Å². The molecular weight excluding hydrogens is 322 g/mol. The maximum absolute atomic E-state index is 4.47. The van der Waals surface area contributed by atoms with Gasteiger partial charge in [-0.1, -0.05) is 41.0 Å². The van der Waals surface area contributed by atoms with Crippen molar-refractivity contribution in [2.24, 2.45) is 5.92 Å². The van der Waals surface area contributed by atoms with Gasteiger partial charge in [0.25, 0.3) is 0 Å². The highest BCUT2D eigenvalue weighted by Gasteiger charge is 2.36. The lowest BCUT2D eigenvalue weighted by Crippen LogP contribution is -2.07. The van der Waals surface area contributed by atoms with Crippen LogP contribution in [0.4, 0.5) is 0 Å². The third kappa shape index (κ3) is 3.35. The SMILES string of the molecule is CCCC(CBr)CSc1nnc(C2CC2)n1C1CC1. The average Bonchev–Trinajstić information content (AvgIpc) is 3.33. The summed E-state index contributed by atoms with van der Waals surface area (Å²) in [5, 5.41) is 11.2. The normalized spacial score (nSPS) is 20.7. The van der Waals surface area contributed by atoms with Crippen molar-refractivity contribution in [3.05, 3.63) is 5.82 Å². The van der Waals surface area contributed by atoms with Crippen LogP contribution < -0.4 is 0 Å². The molecule has 0 spiro atoms. The minimum atomic E-state index is 0.710. The number of alkyl halides is 1. The Morgan fingerprint density at radius 1 is 1.32 bits per heavy atom. The van der Waals surface area contributed by atoms with Crippen LogP contribution in [0.3, 0.4) is 0 Å². The molecule has 0 amide bonds. The van der Waals surface area contributed by atoms with Crippen LogP contribution in [0, 0.1) is 5.92 Å². The van der Waals surface area contributed by atoms with E-state index in [0.29, 0.717) is 12.0 Å². The lowest BCUT2D eigenvalue weighted by Gasteiger charge is -2.13. The monoisotopic (exact) mass is 343 g/mol. The number of thioether (sulfide) groups is 1. The van der Waals surface area contributed by atoms with E-state index >= 15 is 0 Å². The van der Waals surface area contributed by atoms with Gasteiger partial charge in [-0.3, -0.25) is 0 Å². The topological polar surface area (TPSA) is 30.7 Å². The largest absolute Gasteiger partial charge is 0.303 e. The fourth-order valence-electron chi connectivity index (χ4n) is 2.49. The van der Waals surface area contributed by atoms with Gasteiger partial charge >= 0.3 is 0 Å². The fraction of sp³-hybridized carbons (Fsp3) is 0.857. The van der Waals surface area contributed by atoms with Gasteiger partial charge in [-0.2, -0.15) is 0 Å². The first kappa shape index (κ1) is 13.9. The Kier molecular flexibility index (Phi) is 4.52. The summed E-state index contributed by atoms with van der Waals surface area (Å²) in [6.07, 6.45) is 7.83.